The van der Waals surface area contributed by atoms with Crippen LogP contribution in [0.4, 0.5) is 5.69 Å². The zero-order valence-electron chi connectivity index (χ0n) is 19.5. The second-order valence-corrected chi connectivity index (χ2v) is 12.9. The fourth-order valence-electron chi connectivity index (χ4n) is 3.95. The van der Waals surface area contributed by atoms with Crippen molar-refractivity contribution in [2.75, 3.05) is 11.1 Å². The van der Waals surface area contributed by atoms with Crippen molar-refractivity contribution < 1.29 is 4.79 Å². The highest BCUT2D eigenvalue weighted by atomic mass is 32.2. The zero-order valence-corrected chi connectivity index (χ0v) is 22.8. The van der Waals surface area contributed by atoms with Crippen LogP contribution >= 0.6 is 46.2 Å². The first-order chi connectivity index (χ1) is 18.2. The van der Waals surface area contributed by atoms with Gasteiger partial charge >= 0.3 is 0 Å². The second kappa shape index (κ2) is 11.1. The summed E-state index contributed by atoms with van der Waals surface area (Å²) < 4.78 is 4.10. The fourth-order valence-corrected chi connectivity index (χ4v) is 8.25. The predicted octanol–water partition coefficient (Wildman–Crippen LogP) is 8.52. The molecule has 0 bridgehead atoms. The Morgan fingerprint density at radius 3 is 2.08 bits per heavy atom. The van der Waals surface area contributed by atoms with Gasteiger partial charge in [-0.25, -0.2) is 9.97 Å². The van der Waals surface area contributed by atoms with Gasteiger partial charge < -0.3 is 5.32 Å². The van der Waals surface area contributed by atoms with Gasteiger partial charge in [0, 0.05) is 5.69 Å². The highest BCUT2D eigenvalue weighted by molar-refractivity contribution is 8.02. The van der Waals surface area contributed by atoms with Crippen LogP contribution in [-0.4, -0.2) is 21.6 Å². The summed E-state index contributed by atoms with van der Waals surface area (Å²) in [6.07, 6.45) is 0. The van der Waals surface area contributed by atoms with Gasteiger partial charge in [-0.2, -0.15) is 0 Å². The lowest BCUT2D eigenvalue weighted by atomic mass is 10.0. The van der Waals surface area contributed by atoms with Crippen LogP contribution in [0.5, 0.6) is 0 Å². The van der Waals surface area contributed by atoms with E-state index >= 15 is 0 Å². The largest absolute Gasteiger partial charge is 0.325 e. The number of thiazole rings is 2. The SMILES string of the molecule is O=C(CSc1nc2ccccc2s1)Nc1ccc2nc(SC(c3ccccc3)c3ccccc3)sc2c1. The Balaban J connectivity index is 1.15. The molecule has 37 heavy (non-hydrogen) atoms. The molecule has 0 saturated heterocycles. The molecule has 182 valence electrons. The highest BCUT2D eigenvalue weighted by Gasteiger charge is 2.18. The Morgan fingerprint density at radius 2 is 1.35 bits per heavy atom. The van der Waals surface area contributed by atoms with Crippen LogP contribution in [0.15, 0.2) is 112 Å². The summed E-state index contributed by atoms with van der Waals surface area (Å²) in [4.78, 5) is 22.1. The van der Waals surface area contributed by atoms with Crippen LogP contribution < -0.4 is 5.32 Å². The lowest BCUT2D eigenvalue weighted by molar-refractivity contribution is -0.113. The first-order valence-electron chi connectivity index (χ1n) is 11.7. The maximum atomic E-state index is 12.6. The number of rotatable bonds is 8. The molecule has 2 aromatic heterocycles. The number of carbonyl (C=O) groups excluding carboxylic acids is 1. The molecule has 4 nitrogen and oxygen atoms in total. The monoisotopic (exact) mass is 555 g/mol. The number of hydrogen-bond acceptors (Lipinski definition) is 7. The van der Waals surface area contributed by atoms with Gasteiger partial charge in [0.2, 0.25) is 5.91 Å². The Bertz CT molecular complexity index is 1590. The Kier molecular flexibility index (Phi) is 7.23. The number of benzene rings is 4. The summed E-state index contributed by atoms with van der Waals surface area (Å²) in [7, 11) is 0. The summed E-state index contributed by atoms with van der Waals surface area (Å²) in [6.45, 7) is 0. The molecular weight excluding hydrogens is 535 g/mol. The van der Waals surface area contributed by atoms with Crippen molar-refractivity contribution in [3.05, 3.63) is 114 Å². The van der Waals surface area contributed by atoms with Gasteiger partial charge in [0.1, 0.15) is 0 Å². The minimum Gasteiger partial charge on any atom is -0.325 e. The van der Waals surface area contributed by atoms with Gasteiger partial charge in [0.25, 0.3) is 0 Å². The van der Waals surface area contributed by atoms with Crippen LogP contribution in [0.3, 0.4) is 0 Å². The quantitative estimate of drug-likeness (QED) is 0.191. The molecule has 0 spiro atoms. The molecule has 0 radical (unpaired) electrons. The smallest absolute Gasteiger partial charge is 0.234 e. The fraction of sp³-hybridized carbons (Fsp3) is 0.0690. The average Bonchev–Trinajstić information content (AvgIpc) is 3.54. The van der Waals surface area contributed by atoms with Gasteiger partial charge in [0.05, 0.1) is 31.4 Å². The van der Waals surface area contributed by atoms with Gasteiger partial charge in [-0.15, -0.1) is 22.7 Å². The van der Waals surface area contributed by atoms with Gasteiger partial charge in [0.15, 0.2) is 8.68 Å². The molecule has 8 heteroatoms. The van der Waals surface area contributed by atoms with Crippen molar-refractivity contribution in [2.24, 2.45) is 0 Å². The van der Waals surface area contributed by atoms with Crippen LogP contribution in [-0.2, 0) is 4.79 Å². The molecule has 4 aromatic carbocycles. The molecule has 1 N–H and O–H groups in total. The zero-order chi connectivity index (χ0) is 25.0. The maximum absolute atomic E-state index is 12.6. The lowest BCUT2D eigenvalue weighted by Crippen LogP contribution is -2.13. The topological polar surface area (TPSA) is 54.9 Å². The number of anilines is 1. The third kappa shape index (κ3) is 5.72. The van der Waals surface area contributed by atoms with Crippen molar-refractivity contribution in [2.45, 2.75) is 13.9 Å². The van der Waals surface area contributed by atoms with E-state index in [1.54, 1.807) is 34.4 Å². The number of nitrogens with one attached hydrogen (secondary N) is 1. The molecule has 0 unspecified atom stereocenters. The third-order valence-electron chi connectivity index (χ3n) is 5.68. The molecule has 6 rings (SSSR count). The van der Waals surface area contributed by atoms with E-state index in [-0.39, 0.29) is 11.2 Å². The van der Waals surface area contributed by atoms with Gasteiger partial charge in [-0.3, -0.25) is 4.79 Å². The van der Waals surface area contributed by atoms with Crippen molar-refractivity contribution in [1.82, 2.24) is 9.97 Å². The van der Waals surface area contributed by atoms with Gasteiger partial charge in [-0.1, -0.05) is 96.3 Å². The minimum absolute atomic E-state index is 0.0454. The molecule has 0 aliphatic carbocycles. The van der Waals surface area contributed by atoms with Crippen LogP contribution in [0.1, 0.15) is 16.4 Å². The van der Waals surface area contributed by atoms with Crippen molar-refractivity contribution in [3.63, 3.8) is 0 Å². The number of aromatic nitrogens is 2. The van der Waals surface area contributed by atoms with Crippen molar-refractivity contribution in [1.29, 1.82) is 0 Å². The van der Waals surface area contributed by atoms with E-state index < -0.39 is 0 Å². The van der Waals surface area contributed by atoms with Crippen LogP contribution in [0.25, 0.3) is 20.4 Å². The maximum Gasteiger partial charge on any atom is 0.234 e. The first kappa shape index (κ1) is 24.2. The van der Waals surface area contributed by atoms with E-state index in [0.717, 1.165) is 34.8 Å². The molecule has 0 saturated carbocycles. The van der Waals surface area contributed by atoms with E-state index in [9.17, 15) is 4.79 Å². The molecule has 6 aromatic rings. The number of amides is 1. The van der Waals surface area contributed by atoms with E-state index in [1.807, 2.05) is 48.5 Å². The molecule has 1 amide bonds. The van der Waals surface area contributed by atoms with E-state index in [0.29, 0.717) is 5.75 Å². The van der Waals surface area contributed by atoms with E-state index in [2.05, 4.69) is 64.9 Å². The summed E-state index contributed by atoms with van der Waals surface area (Å²) in [5.41, 5.74) is 5.19. The molecule has 2 heterocycles. The third-order valence-corrected chi connectivity index (χ3v) is 10.3. The number of para-hydroxylation sites is 1. The summed E-state index contributed by atoms with van der Waals surface area (Å²) in [5.74, 6) is 0.272. The Labute approximate surface area is 231 Å². The second-order valence-electron chi connectivity index (χ2n) is 8.27. The number of carbonyl (C=O) groups is 1. The van der Waals surface area contributed by atoms with Crippen molar-refractivity contribution in [3.8, 4) is 0 Å². The molecular formula is C29H21N3OS4. The van der Waals surface area contributed by atoms with E-state index in [4.69, 9.17) is 4.98 Å². The Hall–Kier alpha value is -3.17. The predicted molar refractivity (Wildman–Crippen MR) is 159 cm³/mol. The van der Waals surface area contributed by atoms with Crippen LogP contribution in [0.2, 0.25) is 0 Å². The average molecular weight is 556 g/mol. The Morgan fingerprint density at radius 1 is 0.730 bits per heavy atom. The van der Waals surface area contributed by atoms with Crippen LogP contribution in [0, 0.1) is 0 Å². The van der Waals surface area contributed by atoms with Gasteiger partial charge in [-0.05, 0) is 41.5 Å². The molecule has 0 fully saturated rings. The summed E-state index contributed by atoms with van der Waals surface area (Å²) in [5, 5.41) is 3.18. The number of hydrogen-bond donors (Lipinski definition) is 1. The molecule has 0 atom stereocenters. The van der Waals surface area contributed by atoms with Crippen molar-refractivity contribution >= 4 is 78.2 Å². The number of thioether (sulfide) groups is 2. The lowest BCUT2D eigenvalue weighted by Gasteiger charge is -2.16. The first-order valence-corrected chi connectivity index (χ1v) is 15.2. The normalized spacial score (nSPS) is 11.4. The molecule has 0 aliphatic heterocycles. The summed E-state index contributed by atoms with van der Waals surface area (Å²) in [6, 6.07) is 35.0. The minimum atomic E-state index is -0.0454. The molecule has 0 aliphatic rings. The number of nitrogens with zero attached hydrogens (tertiary/aromatic N) is 2. The van der Waals surface area contributed by atoms with E-state index in [1.165, 1.54) is 22.9 Å². The standard InChI is InChI=1S/C29H21N3OS4/c33-26(18-34-28-31-22-13-7-8-14-24(22)35-28)30-21-15-16-23-25(17-21)36-29(32-23)37-27(19-9-3-1-4-10-19)20-11-5-2-6-12-20/h1-17,27H,18H2,(H,30,33). The summed E-state index contributed by atoms with van der Waals surface area (Å²) >= 11 is 6.50. The number of fused-ring (bicyclic) bond motifs is 2. The highest BCUT2D eigenvalue weighted by Crippen LogP contribution is 2.43.